The number of halogens is 1. The van der Waals surface area contributed by atoms with Gasteiger partial charge in [-0.3, -0.25) is 0 Å². The molecule has 0 amide bonds. The lowest BCUT2D eigenvalue weighted by molar-refractivity contribution is 0.374. The van der Waals surface area contributed by atoms with Crippen LogP contribution in [0.15, 0.2) is 48.5 Å². The van der Waals surface area contributed by atoms with E-state index in [0.29, 0.717) is 5.92 Å². The van der Waals surface area contributed by atoms with Gasteiger partial charge in [-0.15, -0.1) is 0 Å². The Morgan fingerprint density at radius 3 is 2.70 bits per heavy atom. The number of nitrogens with two attached hydrogens (primary N) is 1. The van der Waals surface area contributed by atoms with E-state index in [0.717, 1.165) is 36.7 Å². The number of benzene rings is 2. The van der Waals surface area contributed by atoms with Crippen molar-refractivity contribution in [3.05, 3.63) is 59.1 Å². The largest absolute Gasteiger partial charge is 0.497 e. The Kier molecular flexibility index (Phi) is 5.09. The summed E-state index contributed by atoms with van der Waals surface area (Å²) >= 11 is 5.97. The number of rotatable bonds is 4. The first-order chi connectivity index (χ1) is 11.1. The molecule has 0 aromatic heterocycles. The lowest BCUT2D eigenvalue weighted by Gasteiger charge is -2.38. The number of anilines is 1. The molecule has 2 atom stereocenters. The van der Waals surface area contributed by atoms with Crippen LogP contribution in [0.1, 0.15) is 12.0 Å². The van der Waals surface area contributed by atoms with Crippen LogP contribution in [-0.2, 0) is 6.42 Å². The van der Waals surface area contributed by atoms with E-state index in [9.17, 15) is 0 Å². The predicted octanol–water partition coefficient (Wildman–Crippen LogP) is 3.74. The number of piperidine rings is 1. The molecule has 2 N–H and O–H groups in total. The first kappa shape index (κ1) is 16.2. The van der Waals surface area contributed by atoms with Crippen molar-refractivity contribution in [2.24, 2.45) is 11.7 Å². The van der Waals surface area contributed by atoms with Crippen molar-refractivity contribution in [1.29, 1.82) is 0 Å². The molecule has 3 rings (SSSR count). The van der Waals surface area contributed by atoms with E-state index in [1.165, 1.54) is 11.3 Å². The van der Waals surface area contributed by atoms with Crippen molar-refractivity contribution >= 4 is 17.3 Å². The van der Waals surface area contributed by atoms with E-state index in [1.54, 1.807) is 7.11 Å². The van der Waals surface area contributed by atoms with Crippen LogP contribution in [0.3, 0.4) is 0 Å². The summed E-state index contributed by atoms with van der Waals surface area (Å²) in [6, 6.07) is 16.5. The zero-order valence-electron chi connectivity index (χ0n) is 13.4. The monoisotopic (exact) mass is 330 g/mol. The molecule has 2 unspecified atom stereocenters. The van der Waals surface area contributed by atoms with Crippen LogP contribution in [0.25, 0.3) is 0 Å². The third-order valence-corrected chi connectivity index (χ3v) is 4.68. The number of methoxy groups -OCH3 is 1. The predicted molar refractivity (Wildman–Crippen MR) is 96.4 cm³/mol. The van der Waals surface area contributed by atoms with Crippen LogP contribution in [-0.4, -0.2) is 26.2 Å². The average Bonchev–Trinajstić information content (AvgIpc) is 2.56. The molecule has 0 radical (unpaired) electrons. The smallest absolute Gasteiger partial charge is 0.120 e. The van der Waals surface area contributed by atoms with Crippen LogP contribution >= 0.6 is 11.6 Å². The molecule has 0 aliphatic carbocycles. The fourth-order valence-electron chi connectivity index (χ4n) is 3.37. The summed E-state index contributed by atoms with van der Waals surface area (Å²) in [6.45, 7) is 1.91. The number of hydrogen-bond donors (Lipinski definition) is 1. The van der Waals surface area contributed by atoms with Gasteiger partial charge in [0.15, 0.2) is 0 Å². The zero-order valence-corrected chi connectivity index (χ0v) is 14.2. The van der Waals surface area contributed by atoms with Gasteiger partial charge >= 0.3 is 0 Å². The number of nitrogens with zero attached hydrogens (tertiary/aromatic N) is 1. The highest BCUT2D eigenvalue weighted by molar-refractivity contribution is 6.30. The Morgan fingerprint density at radius 2 is 1.96 bits per heavy atom. The Hall–Kier alpha value is -1.71. The van der Waals surface area contributed by atoms with Gasteiger partial charge in [0.05, 0.1) is 7.11 Å². The van der Waals surface area contributed by atoms with E-state index in [-0.39, 0.29) is 6.04 Å². The summed E-state index contributed by atoms with van der Waals surface area (Å²) in [7, 11) is 1.70. The minimum absolute atomic E-state index is 0.201. The van der Waals surface area contributed by atoms with E-state index < -0.39 is 0 Å². The van der Waals surface area contributed by atoms with Gasteiger partial charge in [0.1, 0.15) is 5.75 Å². The van der Waals surface area contributed by atoms with Crippen LogP contribution in [0.2, 0.25) is 5.02 Å². The topological polar surface area (TPSA) is 38.5 Å². The summed E-state index contributed by atoms with van der Waals surface area (Å²) in [5, 5.41) is 0.784. The van der Waals surface area contributed by atoms with Gasteiger partial charge in [0, 0.05) is 35.9 Å². The minimum Gasteiger partial charge on any atom is -0.497 e. The van der Waals surface area contributed by atoms with E-state index >= 15 is 0 Å². The molecule has 23 heavy (non-hydrogen) atoms. The molecule has 4 heteroatoms. The van der Waals surface area contributed by atoms with Gasteiger partial charge in [-0.25, -0.2) is 0 Å². The normalized spacial score (nSPS) is 21.3. The Morgan fingerprint density at radius 1 is 1.17 bits per heavy atom. The summed E-state index contributed by atoms with van der Waals surface area (Å²) in [5.74, 6) is 1.43. The second-order valence-electron chi connectivity index (χ2n) is 6.30. The van der Waals surface area contributed by atoms with E-state index in [4.69, 9.17) is 22.1 Å². The van der Waals surface area contributed by atoms with E-state index in [2.05, 4.69) is 29.2 Å². The van der Waals surface area contributed by atoms with Crippen LogP contribution in [0.4, 0.5) is 5.69 Å². The van der Waals surface area contributed by atoms with Crippen LogP contribution < -0.4 is 15.4 Å². The molecule has 2 aromatic rings. The van der Waals surface area contributed by atoms with Crippen molar-refractivity contribution in [3.8, 4) is 5.75 Å². The third-order valence-electron chi connectivity index (χ3n) is 4.43. The maximum atomic E-state index is 6.31. The lowest BCUT2D eigenvalue weighted by atomic mass is 9.89. The lowest BCUT2D eigenvalue weighted by Crippen LogP contribution is -2.47. The molecule has 3 nitrogen and oxygen atoms in total. The molecule has 1 fully saturated rings. The van der Waals surface area contributed by atoms with Gasteiger partial charge in [0.25, 0.3) is 0 Å². The van der Waals surface area contributed by atoms with Crippen LogP contribution in [0, 0.1) is 5.92 Å². The van der Waals surface area contributed by atoms with Crippen LogP contribution in [0.5, 0.6) is 5.75 Å². The van der Waals surface area contributed by atoms with Crippen molar-refractivity contribution in [2.75, 3.05) is 25.1 Å². The molecule has 0 saturated carbocycles. The third kappa shape index (κ3) is 4.18. The summed E-state index contributed by atoms with van der Waals surface area (Å²) in [6.07, 6.45) is 2.09. The number of ether oxygens (including phenoxy) is 1. The second kappa shape index (κ2) is 7.24. The Bertz CT molecular complexity index is 644. The first-order valence-electron chi connectivity index (χ1n) is 8.03. The second-order valence-corrected chi connectivity index (χ2v) is 6.74. The van der Waals surface area contributed by atoms with Crippen molar-refractivity contribution < 1.29 is 4.74 Å². The van der Waals surface area contributed by atoms with Crippen molar-refractivity contribution in [3.63, 3.8) is 0 Å². The summed E-state index contributed by atoms with van der Waals surface area (Å²) in [5.41, 5.74) is 8.81. The Balaban J connectivity index is 1.72. The summed E-state index contributed by atoms with van der Waals surface area (Å²) < 4.78 is 5.34. The Labute approximate surface area is 143 Å². The molecule has 0 bridgehead atoms. The maximum Gasteiger partial charge on any atom is 0.120 e. The zero-order chi connectivity index (χ0) is 16.2. The van der Waals surface area contributed by atoms with Crippen molar-refractivity contribution in [1.82, 2.24) is 0 Å². The standard InChI is InChI=1S/C19H23ClN2O/c1-23-19-4-2-3-18(11-19)22-12-15(10-17(21)13-22)9-14-5-7-16(20)8-6-14/h2-8,11,15,17H,9-10,12-13,21H2,1H3. The minimum atomic E-state index is 0.201. The van der Waals surface area contributed by atoms with Gasteiger partial charge in [-0.05, 0) is 48.6 Å². The van der Waals surface area contributed by atoms with Gasteiger partial charge in [-0.2, -0.15) is 0 Å². The van der Waals surface area contributed by atoms with Gasteiger partial charge in [-0.1, -0.05) is 29.8 Å². The highest BCUT2D eigenvalue weighted by Gasteiger charge is 2.25. The maximum absolute atomic E-state index is 6.31. The SMILES string of the molecule is COc1cccc(N2CC(N)CC(Cc3ccc(Cl)cc3)C2)c1. The molecule has 2 aromatic carbocycles. The molecule has 0 spiro atoms. The summed E-state index contributed by atoms with van der Waals surface area (Å²) in [4.78, 5) is 2.37. The molecule has 1 aliphatic rings. The number of hydrogen-bond acceptors (Lipinski definition) is 3. The molecular formula is C19H23ClN2O. The molecule has 122 valence electrons. The van der Waals surface area contributed by atoms with Gasteiger partial charge < -0.3 is 15.4 Å². The molecule has 1 saturated heterocycles. The van der Waals surface area contributed by atoms with Gasteiger partial charge in [0.2, 0.25) is 0 Å². The fourth-order valence-corrected chi connectivity index (χ4v) is 3.49. The fraction of sp³-hybridized carbons (Fsp3) is 0.368. The molecule has 1 aliphatic heterocycles. The average molecular weight is 331 g/mol. The van der Waals surface area contributed by atoms with E-state index in [1.807, 2.05) is 24.3 Å². The highest BCUT2D eigenvalue weighted by Crippen LogP contribution is 2.27. The quantitative estimate of drug-likeness (QED) is 0.928. The molecule has 1 heterocycles. The highest BCUT2D eigenvalue weighted by atomic mass is 35.5. The first-order valence-corrected chi connectivity index (χ1v) is 8.41. The van der Waals surface area contributed by atoms with Crippen molar-refractivity contribution in [2.45, 2.75) is 18.9 Å². The molecular weight excluding hydrogens is 308 g/mol.